The molecule has 1 unspecified atom stereocenters. The highest BCUT2D eigenvalue weighted by Crippen LogP contribution is 2.19. The monoisotopic (exact) mass is 125 g/mol. The third-order valence-corrected chi connectivity index (χ3v) is 2.24. The number of hydrogen-bond acceptors (Lipinski definition) is 1. The Hall–Kier alpha value is -0.300. The van der Waals surface area contributed by atoms with Crippen molar-refractivity contribution >= 4 is 0 Å². The van der Waals surface area contributed by atoms with E-state index in [1.165, 1.54) is 6.42 Å². The Morgan fingerprint density at radius 3 is 2.44 bits per heavy atom. The van der Waals surface area contributed by atoms with E-state index in [-0.39, 0.29) is 0 Å². The Bertz CT molecular complexity index is 99.1. The molecule has 3 atom stereocenters. The van der Waals surface area contributed by atoms with E-state index in [1.54, 1.807) is 0 Å². The smallest absolute Gasteiger partial charge is 0.0253 e. The van der Waals surface area contributed by atoms with Crippen molar-refractivity contribution in [1.29, 1.82) is 0 Å². The molecule has 0 aromatic rings. The molecule has 0 radical (unpaired) electrons. The lowest BCUT2D eigenvalue weighted by Crippen LogP contribution is -2.26. The summed E-state index contributed by atoms with van der Waals surface area (Å²) in [6, 6.07) is 1.24. The van der Waals surface area contributed by atoms with Crippen molar-refractivity contribution in [3.05, 3.63) is 12.7 Å². The zero-order valence-electron chi connectivity index (χ0n) is 6.22. The van der Waals surface area contributed by atoms with Crippen LogP contribution in [-0.2, 0) is 0 Å². The molecule has 52 valence electrons. The third kappa shape index (κ3) is 1.33. The van der Waals surface area contributed by atoms with E-state index in [9.17, 15) is 0 Å². The molecule has 0 aromatic carbocycles. The highest BCUT2D eigenvalue weighted by molar-refractivity contribution is 4.95. The van der Waals surface area contributed by atoms with Gasteiger partial charge >= 0.3 is 0 Å². The molecule has 1 fully saturated rings. The molecule has 1 rings (SSSR count). The van der Waals surface area contributed by atoms with Crippen LogP contribution < -0.4 is 5.32 Å². The van der Waals surface area contributed by atoms with E-state index in [4.69, 9.17) is 0 Å². The van der Waals surface area contributed by atoms with Crippen molar-refractivity contribution in [2.75, 3.05) is 0 Å². The fourth-order valence-corrected chi connectivity index (χ4v) is 1.34. The molecule has 1 N–H and O–H groups in total. The van der Waals surface area contributed by atoms with Gasteiger partial charge in [-0.1, -0.05) is 13.0 Å². The van der Waals surface area contributed by atoms with E-state index >= 15 is 0 Å². The Morgan fingerprint density at radius 2 is 2.22 bits per heavy atom. The van der Waals surface area contributed by atoms with E-state index < -0.39 is 0 Å². The van der Waals surface area contributed by atoms with Crippen LogP contribution in [-0.4, -0.2) is 12.1 Å². The van der Waals surface area contributed by atoms with Crippen LogP contribution in [0.25, 0.3) is 0 Å². The zero-order chi connectivity index (χ0) is 6.85. The second-order valence-electron chi connectivity index (χ2n) is 3.01. The molecule has 9 heavy (non-hydrogen) atoms. The van der Waals surface area contributed by atoms with Crippen LogP contribution >= 0.6 is 0 Å². The van der Waals surface area contributed by atoms with E-state index in [0.717, 1.165) is 5.92 Å². The van der Waals surface area contributed by atoms with Gasteiger partial charge in [0.2, 0.25) is 0 Å². The number of rotatable bonds is 1. The molecule has 1 heteroatoms. The minimum Gasteiger partial charge on any atom is -0.308 e. The van der Waals surface area contributed by atoms with Crippen LogP contribution in [0.15, 0.2) is 12.7 Å². The second kappa shape index (κ2) is 2.53. The third-order valence-electron chi connectivity index (χ3n) is 2.24. The van der Waals surface area contributed by atoms with Crippen LogP contribution in [0.2, 0.25) is 0 Å². The molecule has 0 amide bonds. The van der Waals surface area contributed by atoms with Gasteiger partial charge in [0.1, 0.15) is 0 Å². The van der Waals surface area contributed by atoms with Gasteiger partial charge in [0.05, 0.1) is 0 Å². The zero-order valence-corrected chi connectivity index (χ0v) is 6.22. The van der Waals surface area contributed by atoms with Crippen LogP contribution in [0.5, 0.6) is 0 Å². The Kier molecular flexibility index (Phi) is 1.91. The highest BCUT2D eigenvalue weighted by atomic mass is 15.0. The average Bonchev–Trinajstić information content (AvgIpc) is 2.13. The van der Waals surface area contributed by atoms with Crippen molar-refractivity contribution in [2.45, 2.75) is 32.4 Å². The summed E-state index contributed by atoms with van der Waals surface area (Å²) < 4.78 is 0. The summed E-state index contributed by atoms with van der Waals surface area (Å²) in [6.45, 7) is 8.26. The summed E-state index contributed by atoms with van der Waals surface area (Å²) >= 11 is 0. The normalized spacial score (nSPS) is 43.1. The number of hydrogen-bond donors (Lipinski definition) is 1. The standard InChI is InChI=1S/C8H15N/c1-4-8-5-6(2)7(3)9-8/h4,6-9H,1,5H2,2-3H3/t6-,7-,8?/m0/s1. The lowest BCUT2D eigenvalue weighted by molar-refractivity contribution is 0.518. The topological polar surface area (TPSA) is 12.0 Å². The van der Waals surface area contributed by atoms with Crippen molar-refractivity contribution < 1.29 is 0 Å². The molecule has 1 heterocycles. The maximum atomic E-state index is 3.75. The summed E-state index contributed by atoms with van der Waals surface area (Å²) in [7, 11) is 0. The molecule has 0 aromatic heterocycles. The first kappa shape index (κ1) is 6.81. The molecule has 0 aliphatic carbocycles. The SMILES string of the molecule is C=CC1C[C@H](C)[C@H](C)N1. The predicted molar refractivity (Wildman–Crippen MR) is 40.4 cm³/mol. The number of nitrogens with one attached hydrogen (secondary N) is 1. The lowest BCUT2D eigenvalue weighted by Gasteiger charge is -2.06. The summed E-state index contributed by atoms with van der Waals surface area (Å²) in [5.74, 6) is 0.813. The van der Waals surface area contributed by atoms with Crippen LogP contribution in [0.3, 0.4) is 0 Å². The molecule has 0 bridgehead atoms. The predicted octanol–water partition coefficient (Wildman–Crippen LogP) is 1.56. The fraction of sp³-hybridized carbons (Fsp3) is 0.750. The van der Waals surface area contributed by atoms with Crippen LogP contribution in [0.4, 0.5) is 0 Å². The van der Waals surface area contributed by atoms with E-state index in [0.29, 0.717) is 12.1 Å². The Morgan fingerprint density at radius 1 is 1.56 bits per heavy atom. The van der Waals surface area contributed by atoms with Gasteiger partial charge in [-0.2, -0.15) is 0 Å². The Balaban J connectivity index is 2.43. The van der Waals surface area contributed by atoms with Gasteiger partial charge < -0.3 is 5.32 Å². The molecule has 1 aliphatic rings. The minimum atomic E-state index is 0.565. The maximum Gasteiger partial charge on any atom is 0.0253 e. The van der Waals surface area contributed by atoms with Crippen LogP contribution in [0, 0.1) is 5.92 Å². The largest absolute Gasteiger partial charge is 0.308 e. The van der Waals surface area contributed by atoms with Crippen molar-refractivity contribution in [2.24, 2.45) is 5.92 Å². The summed E-state index contributed by atoms with van der Waals surface area (Å²) in [6.07, 6.45) is 3.25. The molecule has 1 aliphatic heterocycles. The lowest BCUT2D eigenvalue weighted by atomic mass is 10.0. The molecular formula is C8H15N. The quantitative estimate of drug-likeness (QED) is 0.524. The van der Waals surface area contributed by atoms with Gasteiger partial charge in [-0.15, -0.1) is 6.58 Å². The van der Waals surface area contributed by atoms with Crippen molar-refractivity contribution in [1.82, 2.24) is 5.32 Å². The first-order chi connectivity index (χ1) is 4.24. The highest BCUT2D eigenvalue weighted by Gasteiger charge is 2.24. The molecular weight excluding hydrogens is 110 g/mol. The second-order valence-corrected chi connectivity index (χ2v) is 3.01. The maximum absolute atomic E-state index is 3.75. The summed E-state index contributed by atoms with van der Waals surface area (Å²) in [5, 5.41) is 3.44. The van der Waals surface area contributed by atoms with Gasteiger partial charge in [0, 0.05) is 12.1 Å². The van der Waals surface area contributed by atoms with E-state index in [2.05, 4.69) is 25.7 Å². The first-order valence-electron chi connectivity index (χ1n) is 3.62. The first-order valence-corrected chi connectivity index (χ1v) is 3.62. The van der Waals surface area contributed by atoms with Crippen molar-refractivity contribution in [3.63, 3.8) is 0 Å². The molecule has 0 spiro atoms. The summed E-state index contributed by atoms with van der Waals surface area (Å²) in [4.78, 5) is 0. The van der Waals surface area contributed by atoms with Gasteiger partial charge in [0.25, 0.3) is 0 Å². The minimum absolute atomic E-state index is 0.565. The van der Waals surface area contributed by atoms with Gasteiger partial charge in [-0.05, 0) is 19.3 Å². The molecule has 0 saturated carbocycles. The molecule has 1 nitrogen and oxygen atoms in total. The van der Waals surface area contributed by atoms with Gasteiger partial charge in [0.15, 0.2) is 0 Å². The Labute approximate surface area is 57.1 Å². The van der Waals surface area contributed by atoms with Crippen molar-refractivity contribution in [3.8, 4) is 0 Å². The average molecular weight is 125 g/mol. The van der Waals surface area contributed by atoms with E-state index in [1.807, 2.05) is 6.08 Å². The molecule has 1 saturated heterocycles. The summed E-state index contributed by atoms with van der Waals surface area (Å²) in [5.41, 5.74) is 0. The van der Waals surface area contributed by atoms with Gasteiger partial charge in [-0.25, -0.2) is 0 Å². The fourth-order valence-electron chi connectivity index (χ4n) is 1.34. The van der Waals surface area contributed by atoms with Crippen LogP contribution in [0.1, 0.15) is 20.3 Å². The van der Waals surface area contributed by atoms with Gasteiger partial charge in [-0.3, -0.25) is 0 Å².